The third kappa shape index (κ3) is 2.98. The number of carbonyl (C=O) groups excluding carboxylic acids is 1. The van der Waals surface area contributed by atoms with Gasteiger partial charge in [-0.25, -0.2) is 0 Å². The highest BCUT2D eigenvalue weighted by Gasteiger charge is 2.22. The van der Waals surface area contributed by atoms with Crippen LogP contribution in [0.2, 0.25) is 0 Å². The number of aryl methyl sites for hydroxylation is 1. The van der Waals surface area contributed by atoms with E-state index >= 15 is 0 Å². The fraction of sp³-hybridized carbons (Fsp3) is 0.500. The van der Waals surface area contributed by atoms with E-state index in [0.717, 1.165) is 30.1 Å². The number of hydrogen-bond acceptors (Lipinski definition) is 4. The second kappa shape index (κ2) is 5.93. The predicted molar refractivity (Wildman–Crippen MR) is 73.6 cm³/mol. The van der Waals surface area contributed by atoms with E-state index in [1.54, 1.807) is 12.0 Å². The molecule has 1 aromatic rings. The van der Waals surface area contributed by atoms with Gasteiger partial charge in [0, 0.05) is 26.2 Å². The Morgan fingerprint density at radius 3 is 2.58 bits per heavy atom. The number of anilines is 1. The lowest BCUT2D eigenvalue weighted by molar-refractivity contribution is -0.134. The van der Waals surface area contributed by atoms with Crippen molar-refractivity contribution in [2.75, 3.05) is 44.8 Å². The van der Waals surface area contributed by atoms with E-state index < -0.39 is 6.61 Å². The average molecular weight is 264 g/mol. The summed E-state index contributed by atoms with van der Waals surface area (Å²) >= 11 is 0. The zero-order chi connectivity index (χ0) is 13.8. The molecular formula is C14H20N2O3. The second-order valence-corrected chi connectivity index (χ2v) is 4.70. The topological polar surface area (TPSA) is 53.0 Å². The summed E-state index contributed by atoms with van der Waals surface area (Å²) in [6, 6.07) is 6.13. The molecule has 1 saturated heterocycles. The number of rotatable bonds is 3. The van der Waals surface area contributed by atoms with Gasteiger partial charge in [0.15, 0.2) is 0 Å². The maximum Gasteiger partial charge on any atom is 0.248 e. The van der Waals surface area contributed by atoms with Gasteiger partial charge in [-0.1, -0.05) is 6.07 Å². The number of piperazine rings is 1. The smallest absolute Gasteiger partial charge is 0.248 e. The lowest BCUT2D eigenvalue weighted by Crippen LogP contribution is -2.49. The molecule has 0 aliphatic carbocycles. The molecule has 1 aromatic carbocycles. The van der Waals surface area contributed by atoms with Gasteiger partial charge in [0.25, 0.3) is 0 Å². The van der Waals surface area contributed by atoms with Crippen LogP contribution in [0.15, 0.2) is 18.2 Å². The van der Waals surface area contributed by atoms with Gasteiger partial charge in [0.2, 0.25) is 5.91 Å². The van der Waals surface area contributed by atoms with E-state index in [4.69, 9.17) is 9.84 Å². The van der Waals surface area contributed by atoms with Crippen molar-refractivity contribution in [2.24, 2.45) is 0 Å². The Labute approximate surface area is 113 Å². The minimum atomic E-state index is -0.409. The molecule has 0 saturated carbocycles. The zero-order valence-corrected chi connectivity index (χ0v) is 11.4. The molecule has 2 rings (SSSR count). The fourth-order valence-corrected chi connectivity index (χ4v) is 2.34. The second-order valence-electron chi connectivity index (χ2n) is 4.70. The molecule has 1 amide bonds. The van der Waals surface area contributed by atoms with E-state index in [0.29, 0.717) is 13.1 Å². The summed E-state index contributed by atoms with van der Waals surface area (Å²) < 4.78 is 5.41. The third-order valence-corrected chi connectivity index (χ3v) is 3.44. The molecule has 0 unspecified atom stereocenters. The van der Waals surface area contributed by atoms with Crippen LogP contribution in [0.5, 0.6) is 5.75 Å². The summed E-state index contributed by atoms with van der Waals surface area (Å²) in [5, 5.41) is 8.86. The average Bonchev–Trinajstić information content (AvgIpc) is 2.46. The molecule has 0 radical (unpaired) electrons. The Balaban J connectivity index is 2.07. The maximum atomic E-state index is 11.4. The summed E-state index contributed by atoms with van der Waals surface area (Å²) in [6.45, 7) is 4.40. The number of methoxy groups -OCH3 is 1. The van der Waals surface area contributed by atoms with Crippen LogP contribution in [0.3, 0.4) is 0 Å². The number of nitrogens with zero attached hydrogens (tertiary/aromatic N) is 2. The Morgan fingerprint density at radius 1 is 1.32 bits per heavy atom. The van der Waals surface area contributed by atoms with Crippen molar-refractivity contribution in [3.8, 4) is 5.75 Å². The highest BCUT2D eigenvalue weighted by atomic mass is 16.5. The van der Waals surface area contributed by atoms with E-state index in [-0.39, 0.29) is 5.91 Å². The van der Waals surface area contributed by atoms with Gasteiger partial charge >= 0.3 is 0 Å². The highest BCUT2D eigenvalue weighted by Crippen LogP contribution is 2.29. The molecule has 1 aliphatic heterocycles. The van der Waals surface area contributed by atoms with Gasteiger partial charge in [-0.05, 0) is 24.6 Å². The molecule has 5 heteroatoms. The molecule has 1 aliphatic rings. The molecule has 0 atom stereocenters. The Morgan fingerprint density at radius 2 is 2.00 bits per heavy atom. The van der Waals surface area contributed by atoms with Crippen LogP contribution in [-0.2, 0) is 4.79 Å². The number of ether oxygens (including phenoxy) is 1. The van der Waals surface area contributed by atoms with Crippen molar-refractivity contribution in [1.29, 1.82) is 0 Å². The number of aliphatic hydroxyl groups is 1. The van der Waals surface area contributed by atoms with E-state index in [9.17, 15) is 4.79 Å². The molecule has 5 nitrogen and oxygen atoms in total. The molecule has 0 bridgehead atoms. The third-order valence-electron chi connectivity index (χ3n) is 3.44. The Kier molecular flexibility index (Phi) is 4.27. The lowest BCUT2D eigenvalue weighted by Gasteiger charge is -2.36. The molecule has 0 aromatic heterocycles. The minimum Gasteiger partial charge on any atom is -0.495 e. The first-order valence-electron chi connectivity index (χ1n) is 6.44. The zero-order valence-electron chi connectivity index (χ0n) is 11.4. The van der Waals surface area contributed by atoms with Gasteiger partial charge in [-0.2, -0.15) is 0 Å². The first-order valence-corrected chi connectivity index (χ1v) is 6.44. The van der Waals surface area contributed by atoms with E-state index in [1.165, 1.54) is 0 Å². The quantitative estimate of drug-likeness (QED) is 0.870. The largest absolute Gasteiger partial charge is 0.495 e. The molecular weight excluding hydrogens is 244 g/mol. The van der Waals surface area contributed by atoms with Gasteiger partial charge < -0.3 is 19.6 Å². The van der Waals surface area contributed by atoms with E-state index in [1.807, 2.05) is 13.0 Å². The standard InChI is InChI=1S/C14H20N2O3/c1-11-3-4-12(13(9-11)19-2)15-5-7-16(8-6-15)14(18)10-17/h3-4,9,17H,5-8,10H2,1-2H3. The van der Waals surface area contributed by atoms with Gasteiger partial charge in [-0.15, -0.1) is 0 Å². The van der Waals surface area contributed by atoms with Crippen LogP contribution in [0, 0.1) is 6.92 Å². The fourth-order valence-electron chi connectivity index (χ4n) is 2.34. The van der Waals surface area contributed by atoms with Gasteiger partial charge in [-0.3, -0.25) is 4.79 Å². The summed E-state index contributed by atoms with van der Waals surface area (Å²) in [7, 11) is 1.67. The van der Waals surface area contributed by atoms with Crippen LogP contribution in [0.1, 0.15) is 5.56 Å². The normalized spacial score (nSPS) is 15.5. The van der Waals surface area contributed by atoms with Crippen LogP contribution in [0.25, 0.3) is 0 Å². The van der Waals surface area contributed by atoms with Crippen LogP contribution in [-0.4, -0.2) is 55.8 Å². The number of amides is 1. The Hall–Kier alpha value is -1.75. The SMILES string of the molecule is COc1cc(C)ccc1N1CCN(C(=O)CO)CC1. The maximum absolute atomic E-state index is 11.4. The number of carbonyl (C=O) groups is 1. The van der Waals surface area contributed by atoms with E-state index in [2.05, 4.69) is 17.0 Å². The molecule has 1 heterocycles. The molecule has 1 fully saturated rings. The Bertz CT molecular complexity index is 454. The molecule has 104 valence electrons. The van der Waals surface area contributed by atoms with Gasteiger partial charge in [0.05, 0.1) is 12.8 Å². The lowest BCUT2D eigenvalue weighted by atomic mass is 10.1. The van der Waals surface area contributed by atoms with Crippen molar-refractivity contribution in [3.05, 3.63) is 23.8 Å². The van der Waals surface area contributed by atoms with Crippen molar-refractivity contribution < 1.29 is 14.6 Å². The number of benzene rings is 1. The minimum absolute atomic E-state index is 0.199. The first-order chi connectivity index (χ1) is 9.15. The molecule has 19 heavy (non-hydrogen) atoms. The van der Waals surface area contributed by atoms with Crippen molar-refractivity contribution in [2.45, 2.75) is 6.92 Å². The van der Waals surface area contributed by atoms with Gasteiger partial charge in [0.1, 0.15) is 12.4 Å². The van der Waals surface area contributed by atoms with Crippen molar-refractivity contribution in [1.82, 2.24) is 4.90 Å². The van der Waals surface area contributed by atoms with Crippen LogP contribution < -0.4 is 9.64 Å². The van der Waals surface area contributed by atoms with Crippen LogP contribution in [0.4, 0.5) is 5.69 Å². The summed E-state index contributed by atoms with van der Waals surface area (Å²) in [5.74, 6) is 0.664. The monoisotopic (exact) mass is 264 g/mol. The van der Waals surface area contributed by atoms with Crippen molar-refractivity contribution in [3.63, 3.8) is 0 Å². The molecule has 1 N–H and O–H groups in total. The number of hydrogen-bond donors (Lipinski definition) is 1. The van der Waals surface area contributed by atoms with Crippen molar-refractivity contribution >= 4 is 11.6 Å². The number of aliphatic hydroxyl groups excluding tert-OH is 1. The summed E-state index contributed by atoms with van der Waals surface area (Å²) in [5.41, 5.74) is 2.22. The summed E-state index contributed by atoms with van der Waals surface area (Å²) in [6.07, 6.45) is 0. The highest BCUT2D eigenvalue weighted by molar-refractivity contribution is 5.77. The molecule has 0 spiro atoms. The van der Waals surface area contributed by atoms with Crippen LogP contribution >= 0.6 is 0 Å². The first kappa shape index (κ1) is 13.7. The summed E-state index contributed by atoms with van der Waals surface area (Å²) in [4.78, 5) is 15.3. The predicted octanol–water partition coefficient (Wildman–Crippen LogP) is 0.645.